The summed E-state index contributed by atoms with van der Waals surface area (Å²) in [7, 11) is 3.41. The quantitative estimate of drug-likeness (QED) is 0.592. The molecule has 0 aliphatic heterocycles. The van der Waals surface area contributed by atoms with Crippen molar-refractivity contribution in [1.29, 1.82) is 0 Å². The number of likely N-dealkylation sites (N-methyl/N-ethyl adjacent to an activating group) is 1. The number of pyridine rings is 1. The van der Waals surface area contributed by atoms with Gasteiger partial charge in [0.25, 0.3) is 0 Å². The van der Waals surface area contributed by atoms with E-state index in [2.05, 4.69) is 4.98 Å². The van der Waals surface area contributed by atoms with Crippen LogP contribution in [0.2, 0.25) is 5.02 Å². The molecule has 0 saturated carbocycles. The maximum absolute atomic E-state index is 12.7. The zero-order valence-electron chi connectivity index (χ0n) is 16.3. The fourth-order valence-electron chi connectivity index (χ4n) is 3.32. The molecule has 154 valence electrons. The van der Waals surface area contributed by atoms with Crippen LogP contribution in [-0.4, -0.2) is 40.6 Å². The van der Waals surface area contributed by atoms with E-state index in [9.17, 15) is 18.0 Å². The average Bonchev–Trinajstić information content (AvgIpc) is 3.00. The molecule has 0 N–H and O–H groups in total. The molecule has 2 aromatic heterocycles. The van der Waals surface area contributed by atoms with E-state index in [0.717, 1.165) is 22.2 Å². The highest BCUT2D eigenvalue weighted by molar-refractivity contribution is 6.31. The lowest BCUT2D eigenvalue weighted by Gasteiger charge is -2.14. The highest BCUT2D eigenvalue weighted by Crippen LogP contribution is 2.30. The van der Waals surface area contributed by atoms with Crippen molar-refractivity contribution in [2.24, 2.45) is 0 Å². The molecule has 3 aromatic rings. The van der Waals surface area contributed by atoms with Crippen molar-refractivity contribution < 1.29 is 18.0 Å². The standard InChI is InChI=1S/C21H21ClF3N3O/c1-13-8-14(11-21(23,24)25)9-17(22)16(13)10-18-15-5-7-28(12-20(29)27(2)3)19(15)4-6-26-18/h4-9H,10-12H2,1-3H3. The molecule has 0 bridgehead atoms. The third kappa shape index (κ3) is 4.90. The highest BCUT2D eigenvalue weighted by Gasteiger charge is 2.28. The SMILES string of the molecule is Cc1cc(CC(F)(F)F)cc(Cl)c1Cc1nccc2c1ccn2CC(=O)N(C)C. The number of carbonyl (C=O) groups is 1. The number of benzene rings is 1. The van der Waals surface area contributed by atoms with Gasteiger partial charge in [0.15, 0.2) is 0 Å². The zero-order valence-corrected chi connectivity index (χ0v) is 17.1. The molecule has 8 heteroatoms. The first-order valence-electron chi connectivity index (χ1n) is 9.02. The summed E-state index contributed by atoms with van der Waals surface area (Å²) in [6.45, 7) is 1.97. The first kappa shape index (κ1) is 21.2. The topological polar surface area (TPSA) is 38.1 Å². The molecular weight excluding hydrogens is 403 g/mol. The van der Waals surface area contributed by atoms with Gasteiger partial charge in [-0.25, -0.2) is 0 Å². The molecule has 3 rings (SSSR count). The second-order valence-corrected chi connectivity index (χ2v) is 7.67. The Bertz CT molecular complexity index is 1030. The minimum absolute atomic E-state index is 0.0278. The van der Waals surface area contributed by atoms with Gasteiger partial charge < -0.3 is 9.47 Å². The monoisotopic (exact) mass is 423 g/mol. The molecule has 0 fully saturated rings. The van der Waals surface area contributed by atoms with E-state index < -0.39 is 12.6 Å². The van der Waals surface area contributed by atoms with Crippen LogP contribution < -0.4 is 0 Å². The lowest BCUT2D eigenvalue weighted by Crippen LogP contribution is -2.25. The third-order valence-corrected chi connectivity index (χ3v) is 5.15. The second kappa shape index (κ2) is 8.06. The summed E-state index contributed by atoms with van der Waals surface area (Å²) in [5.41, 5.74) is 3.20. The molecule has 29 heavy (non-hydrogen) atoms. The fourth-order valence-corrected chi connectivity index (χ4v) is 3.67. The molecule has 0 saturated heterocycles. The molecular formula is C21H21ClF3N3O. The maximum atomic E-state index is 12.7. The van der Waals surface area contributed by atoms with Gasteiger partial charge in [0.2, 0.25) is 5.91 Å². The fraction of sp³-hybridized carbons (Fsp3) is 0.333. The van der Waals surface area contributed by atoms with Crippen molar-refractivity contribution in [1.82, 2.24) is 14.5 Å². The van der Waals surface area contributed by atoms with E-state index in [4.69, 9.17) is 11.6 Å². The van der Waals surface area contributed by atoms with Crippen LogP contribution in [0, 0.1) is 6.92 Å². The maximum Gasteiger partial charge on any atom is 0.393 e. The van der Waals surface area contributed by atoms with E-state index >= 15 is 0 Å². The Morgan fingerprint density at radius 1 is 1.24 bits per heavy atom. The summed E-state index contributed by atoms with van der Waals surface area (Å²) in [6, 6.07) is 6.62. The number of aryl methyl sites for hydroxylation is 1. The summed E-state index contributed by atoms with van der Waals surface area (Å²) in [5.74, 6) is -0.0278. The Morgan fingerprint density at radius 2 is 1.97 bits per heavy atom. The van der Waals surface area contributed by atoms with Crippen molar-refractivity contribution in [3.8, 4) is 0 Å². The van der Waals surface area contributed by atoms with E-state index in [1.54, 1.807) is 27.2 Å². The van der Waals surface area contributed by atoms with Gasteiger partial charge in [-0.2, -0.15) is 13.2 Å². The molecule has 2 heterocycles. The lowest BCUT2D eigenvalue weighted by atomic mass is 9.98. The van der Waals surface area contributed by atoms with Crippen molar-refractivity contribution in [3.63, 3.8) is 0 Å². The summed E-state index contributed by atoms with van der Waals surface area (Å²) in [4.78, 5) is 18.0. The van der Waals surface area contributed by atoms with Gasteiger partial charge in [-0.3, -0.25) is 9.78 Å². The van der Waals surface area contributed by atoms with Gasteiger partial charge in [0.1, 0.15) is 6.54 Å². The number of halogens is 4. The average molecular weight is 424 g/mol. The highest BCUT2D eigenvalue weighted by atomic mass is 35.5. The number of hydrogen-bond acceptors (Lipinski definition) is 2. The Morgan fingerprint density at radius 3 is 2.59 bits per heavy atom. The van der Waals surface area contributed by atoms with E-state index in [-0.39, 0.29) is 18.0 Å². The van der Waals surface area contributed by atoms with Crippen molar-refractivity contribution in [2.75, 3.05) is 14.1 Å². The summed E-state index contributed by atoms with van der Waals surface area (Å²) in [5, 5.41) is 1.18. The predicted octanol–water partition coefficient (Wildman–Crippen LogP) is 4.78. The van der Waals surface area contributed by atoms with Crippen LogP contribution in [0.5, 0.6) is 0 Å². The smallest absolute Gasteiger partial charge is 0.347 e. The van der Waals surface area contributed by atoms with Crippen molar-refractivity contribution in [3.05, 3.63) is 64.1 Å². The number of fused-ring (bicyclic) bond motifs is 1. The van der Waals surface area contributed by atoms with Gasteiger partial charge in [-0.1, -0.05) is 17.7 Å². The minimum Gasteiger partial charge on any atom is -0.347 e. The number of nitrogens with zero attached hydrogens (tertiary/aromatic N) is 3. The van der Waals surface area contributed by atoms with E-state index in [1.807, 2.05) is 22.9 Å². The van der Waals surface area contributed by atoms with Crippen LogP contribution in [0.25, 0.3) is 10.9 Å². The second-order valence-electron chi connectivity index (χ2n) is 7.26. The molecule has 0 aliphatic rings. The minimum atomic E-state index is -4.28. The van der Waals surface area contributed by atoms with Gasteiger partial charge in [-0.15, -0.1) is 0 Å². The first-order chi connectivity index (χ1) is 13.5. The number of carbonyl (C=O) groups excluding carboxylic acids is 1. The van der Waals surface area contributed by atoms with Crippen LogP contribution >= 0.6 is 11.6 Å². The lowest BCUT2D eigenvalue weighted by molar-refractivity contribution is -0.129. The third-order valence-electron chi connectivity index (χ3n) is 4.81. The number of rotatable bonds is 5. The molecule has 1 amide bonds. The largest absolute Gasteiger partial charge is 0.393 e. The summed E-state index contributed by atoms with van der Waals surface area (Å²) in [6.07, 6.45) is -1.41. The summed E-state index contributed by atoms with van der Waals surface area (Å²) >= 11 is 6.32. The Balaban J connectivity index is 1.93. The molecule has 0 spiro atoms. The van der Waals surface area contributed by atoms with Gasteiger partial charge in [0, 0.05) is 43.3 Å². The van der Waals surface area contributed by atoms with Crippen LogP contribution in [0.15, 0.2) is 36.7 Å². The van der Waals surface area contributed by atoms with Gasteiger partial charge in [-0.05, 0) is 41.8 Å². The molecule has 4 nitrogen and oxygen atoms in total. The van der Waals surface area contributed by atoms with Crippen LogP contribution in [0.3, 0.4) is 0 Å². The van der Waals surface area contributed by atoms with Crippen molar-refractivity contribution in [2.45, 2.75) is 32.5 Å². The number of amides is 1. The number of aromatic nitrogens is 2. The van der Waals surface area contributed by atoms with Crippen LogP contribution in [-0.2, 0) is 24.2 Å². The number of alkyl halides is 3. The Labute approximate surface area is 171 Å². The normalized spacial score (nSPS) is 11.8. The van der Waals surface area contributed by atoms with Gasteiger partial charge in [0.05, 0.1) is 17.6 Å². The first-order valence-corrected chi connectivity index (χ1v) is 9.40. The van der Waals surface area contributed by atoms with E-state index in [1.165, 1.54) is 17.0 Å². The molecule has 0 radical (unpaired) electrons. The van der Waals surface area contributed by atoms with Crippen molar-refractivity contribution >= 4 is 28.4 Å². The Hall–Kier alpha value is -2.54. The molecule has 1 aromatic carbocycles. The molecule has 0 atom stereocenters. The van der Waals surface area contributed by atoms with Gasteiger partial charge >= 0.3 is 6.18 Å². The number of hydrogen-bond donors (Lipinski definition) is 0. The molecule has 0 aliphatic carbocycles. The predicted molar refractivity (Wildman–Crippen MR) is 107 cm³/mol. The van der Waals surface area contributed by atoms with Crippen LogP contribution in [0.4, 0.5) is 13.2 Å². The summed E-state index contributed by atoms with van der Waals surface area (Å²) < 4.78 is 39.9. The Kier molecular flexibility index (Phi) is 5.89. The molecule has 0 unspecified atom stereocenters. The zero-order chi connectivity index (χ0) is 21.3. The van der Waals surface area contributed by atoms with Crippen LogP contribution in [0.1, 0.15) is 22.4 Å². The van der Waals surface area contributed by atoms with E-state index in [0.29, 0.717) is 17.0 Å².